The molecule has 0 aliphatic carbocycles. The van der Waals surface area contributed by atoms with Gasteiger partial charge in [0.1, 0.15) is 0 Å². The van der Waals surface area contributed by atoms with Crippen molar-refractivity contribution in [3.8, 4) is 0 Å². The Bertz CT molecular complexity index is 334. The van der Waals surface area contributed by atoms with E-state index >= 15 is 0 Å². The Morgan fingerprint density at radius 2 is 2.17 bits per heavy atom. The Kier molecular flexibility index (Phi) is 4.06. The highest BCUT2D eigenvalue weighted by atomic mass is 16.5. The van der Waals surface area contributed by atoms with Crippen LogP contribution in [-0.2, 0) is 9.53 Å². The van der Waals surface area contributed by atoms with E-state index in [4.69, 9.17) is 9.84 Å². The van der Waals surface area contributed by atoms with Gasteiger partial charge in [0, 0.05) is 19.6 Å². The molecular weight excluding hydrogens is 236 g/mol. The quantitative estimate of drug-likeness (QED) is 0.778. The van der Waals surface area contributed by atoms with Crippen LogP contribution < -0.4 is 5.32 Å². The lowest BCUT2D eigenvalue weighted by atomic mass is 10.1. The first kappa shape index (κ1) is 13.1. The Morgan fingerprint density at radius 1 is 1.39 bits per heavy atom. The zero-order valence-corrected chi connectivity index (χ0v) is 10.6. The summed E-state index contributed by atoms with van der Waals surface area (Å²) in [6, 6.07) is -0.179. The van der Waals surface area contributed by atoms with Gasteiger partial charge in [0.05, 0.1) is 18.1 Å². The van der Waals surface area contributed by atoms with Crippen molar-refractivity contribution in [1.29, 1.82) is 0 Å². The highest BCUT2D eigenvalue weighted by molar-refractivity contribution is 5.77. The van der Waals surface area contributed by atoms with Crippen molar-refractivity contribution >= 4 is 12.0 Å². The second-order valence-corrected chi connectivity index (χ2v) is 5.10. The van der Waals surface area contributed by atoms with Crippen molar-refractivity contribution in [2.75, 3.05) is 19.6 Å². The molecule has 2 N–H and O–H groups in total. The van der Waals surface area contributed by atoms with Crippen LogP contribution in [0.2, 0.25) is 0 Å². The summed E-state index contributed by atoms with van der Waals surface area (Å²) in [5, 5.41) is 11.7. The largest absolute Gasteiger partial charge is 0.481 e. The fourth-order valence-corrected chi connectivity index (χ4v) is 2.49. The summed E-state index contributed by atoms with van der Waals surface area (Å²) < 4.78 is 5.61. The third-order valence-corrected chi connectivity index (χ3v) is 3.63. The molecule has 18 heavy (non-hydrogen) atoms. The number of hydrogen-bond donors (Lipinski definition) is 2. The number of ether oxygens (including phenoxy) is 1. The van der Waals surface area contributed by atoms with Crippen LogP contribution in [0.4, 0.5) is 4.79 Å². The summed E-state index contributed by atoms with van der Waals surface area (Å²) in [5.74, 6) is -1.24. The van der Waals surface area contributed by atoms with E-state index in [2.05, 4.69) is 5.32 Å². The molecule has 2 rings (SSSR count). The van der Waals surface area contributed by atoms with Crippen molar-refractivity contribution in [2.24, 2.45) is 5.92 Å². The van der Waals surface area contributed by atoms with Crippen molar-refractivity contribution in [3.05, 3.63) is 0 Å². The van der Waals surface area contributed by atoms with E-state index in [1.165, 1.54) is 0 Å². The van der Waals surface area contributed by atoms with E-state index in [0.717, 1.165) is 12.8 Å². The van der Waals surface area contributed by atoms with Gasteiger partial charge in [-0.15, -0.1) is 0 Å². The van der Waals surface area contributed by atoms with Crippen molar-refractivity contribution in [3.63, 3.8) is 0 Å². The van der Waals surface area contributed by atoms with E-state index < -0.39 is 11.9 Å². The van der Waals surface area contributed by atoms with Crippen molar-refractivity contribution in [1.82, 2.24) is 10.2 Å². The number of likely N-dealkylation sites (tertiary alicyclic amines) is 1. The maximum Gasteiger partial charge on any atom is 0.317 e. The summed E-state index contributed by atoms with van der Waals surface area (Å²) in [6.07, 6.45) is 2.92. The minimum Gasteiger partial charge on any atom is -0.481 e. The Hall–Kier alpha value is -1.30. The van der Waals surface area contributed by atoms with Crippen LogP contribution in [0.5, 0.6) is 0 Å². The zero-order valence-electron chi connectivity index (χ0n) is 10.6. The smallest absolute Gasteiger partial charge is 0.317 e. The van der Waals surface area contributed by atoms with Gasteiger partial charge in [-0.25, -0.2) is 4.79 Å². The molecule has 2 amide bonds. The molecule has 0 aromatic heterocycles. The summed E-state index contributed by atoms with van der Waals surface area (Å²) >= 11 is 0. The lowest BCUT2D eigenvalue weighted by molar-refractivity contribution is -0.141. The van der Waals surface area contributed by atoms with Gasteiger partial charge in [-0.1, -0.05) is 0 Å². The number of rotatable bonds is 3. The third-order valence-electron chi connectivity index (χ3n) is 3.63. The van der Waals surface area contributed by atoms with E-state index in [-0.39, 0.29) is 18.2 Å². The number of nitrogens with zero attached hydrogens (tertiary/aromatic N) is 1. The molecule has 3 atom stereocenters. The topological polar surface area (TPSA) is 78.9 Å². The van der Waals surface area contributed by atoms with E-state index in [1.54, 1.807) is 4.90 Å². The molecule has 102 valence electrons. The maximum atomic E-state index is 11.8. The Morgan fingerprint density at radius 3 is 2.72 bits per heavy atom. The molecule has 0 bridgehead atoms. The molecule has 3 unspecified atom stereocenters. The van der Waals surface area contributed by atoms with E-state index in [1.807, 2.05) is 6.92 Å². The number of hydrogen-bond acceptors (Lipinski definition) is 3. The van der Waals surface area contributed by atoms with Crippen LogP contribution >= 0.6 is 0 Å². The predicted octanol–water partition coefficient (Wildman–Crippen LogP) is 0.670. The normalized spacial score (nSPS) is 31.6. The number of carbonyl (C=O) groups is 2. The summed E-state index contributed by atoms with van der Waals surface area (Å²) in [5.41, 5.74) is 0. The van der Waals surface area contributed by atoms with Crippen LogP contribution in [0.1, 0.15) is 26.2 Å². The van der Waals surface area contributed by atoms with E-state index in [9.17, 15) is 9.59 Å². The van der Waals surface area contributed by atoms with E-state index in [0.29, 0.717) is 26.1 Å². The second kappa shape index (κ2) is 5.56. The number of carboxylic acid groups (broad SMARTS) is 1. The van der Waals surface area contributed by atoms with Gasteiger partial charge in [0.15, 0.2) is 0 Å². The monoisotopic (exact) mass is 256 g/mol. The van der Waals surface area contributed by atoms with Crippen LogP contribution in [0.15, 0.2) is 0 Å². The predicted molar refractivity (Wildman–Crippen MR) is 64.3 cm³/mol. The molecule has 2 aliphatic rings. The average Bonchev–Trinajstić information content (AvgIpc) is 2.94. The number of carboxylic acids is 1. The molecule has 2 fully saturated rings. The average molecular weight is 256 g/mol. The van der Waals surface area contributed by atoms with Gasteiger partial charge in [-0.3, -0.25) is 4.79 Å². The van der Waals surface area contributed by atoms with Crippen LogP contribution in [0, 0.1) is 5.92 Å². The fraction of sp³-hybridized carbons (Fsp3) is 0.833. The molecule has 0 aromatic carbocycles. The van der Waals surface area contributed by atoms with Crippen molar-refractivity contribution < 1.29 is 19.4 Å². The van der Waals surface area contributed by atoms with Crippen molar-refractivity contribution in [2.45, 2.75) is 38.4 Å². The fourth-order valence-electron chi connectivity index (χ4n) is 2.49. The molecule has 0 radical (unpaired) electrons. The van der Waals surface area contributed by atoms with Gasteiger partial charge in [-0.2, -0.15) is 0 Å². The first-order chi connectivity index (χ1) is 8.56. The number of urea groups is 1. The Labute approximate surface area is 106 Å². The zero-order chi connectivity index (χ0) is 13.1. The lowest BCUT2D eigenvalue weighted by Crippen LogP contribution is -2.42. The highest BCUT2D eigenvalue weighted by Crippen LogP contribution is 2.19. The summed E-state index contributed by atoms with van der Waals surface area (Å²) in [7, 11) is 0. The number of aliphatic carboxylic acids is 1. The Balaban J connectivity index is 1.71. The first-order valence-corrected chi connectivity index (χ1v) is 6.47. The maximum absolute atomic E-state index is 11.8. The standard InChI is InChI=1S/C12H20N2O4/c1-8-2-3-10(18-8)6-13-12(17)14-5-4-9(7-14)11(15)16/h8-10H,2-7H2,1H3,(H,13,17)(H,15,16). The van der Waals surface area contributed by atoms with Gasteiger partial charge < -0.3 is 20.1 Å². The number of carbonyl (C=O) groups excluding carboxylic acids is 1. The molecule has 2 aliphatic heterocycles. The van der Waals surface area contributed by atoms with Gasteiger partial charge in [0.25, 0.3) is 0 Å². The number of amides is 2. The SMILES string of the molecule is CC1CCC(CNC(=O)N2CCC(C(=O)O)C2)O1. The van der Waals surface area contributed by atoms with Crippen LogP contribution in [-0.4, -0.2) is 53.8 Å². The molecular formula is C12H20N2O4. The van der Waals surface area contributed by atoms with Gasteiger partial charge >= 0.3 is 12.0 Å². The lowest BCUT2D eigenvalue weighted by Gasteiger charge is -2.18. The molecule has 6 heteroatoms. The number of nitrogens with one attached hydrogen (secondary N) is 1. The molecule has 6 nitrogen and oxygen atoms in total. The summed E-state index contributed by atoms with van der Waals surface area (Å²) in [4.78, 5) is 24.2. The highest BCUT2D eigenvalue weighted by Gasteiger charge is 2.31. The van der Waals surface area contributed by atoms with Gasteiger partial charge in [0.2, 0.25) is 0 Å². The summed E-state index contributed by atoms with van der Waals surface area (Å²) in [6.45, 7) is 3.37. The minimum absolute atomic E-state index is 0.0989. The van der Waals surface area contributed by atoms with Gasteiger partial charge in [-0.05, 0) is 26.2 Å². The molecule has 0 aromatic rings. The molecule has 0 saturated carbocycles. The van der Waals surface area contributed by atoms with Crippen LogP contribution in [0.25, 0.3) is 0 Å². The molecule has 2 heterocycles. The molecule has 2 saturated heterocycles. The molecule has 0 spiro atoms. The first-order valence-electron chi connectivity index (χ1n) is 6.47. The van der Waals surface area contributed by atoms with Crippen LogP contribution in [0.3, 0.4) is 0 Å². The third kappa shape index (κ3) is 3.13. The minimum atomic E-state index is -0.821. The second-order valence-electron chi connectivity index (χ2n) is 5.10.